The van der Waals surface area contributed by atoms with Gasteiger partial charge in [0.1, 0.15) is 0 Å². The normalized spacial score (nSPS) is 14.7. The van der Waals surface area contributed by atoms with E-state index in [-0.39, 0.29) is 0 Å². The van der Waals surface area contributed by atoms with Crippen molar-refractivity contribution in [3.63, 3.8) is 0 Å². The molecule has 1 rings (SSSR count). The maximum absolute atomic E-state index is 9.07. The van der Waals surface area contributed by atoms with Gasteiger partial charge in [-0.3, -0.25) is 0 Å². The van der Waals surface area contributed by atoms with E-state index in [1.54, 1.807) is 0 Å². The van der Waals surface area contributed by atoms with E-state index in [0.29, 0.717) is 18.6 Å². The summed E-state index contributed by atoms with van der Waals surface area (Å²) in [5.74, 6) is 0.600. The van der Waals surface area contributed by atoms with Crippen molar-refractivity contribution in [1.82, 2.24) is 5.32 Å². The van der Waals surface area contributed by atoms with Crippen molar-refractivity contribution in [3.05, 3.63) is 21.4 Å². The van der Waals surface area contributed by atoms with Crippen LogP contribution in [0.1, 0.15) is 54.5 Å². The lowest BCUT2D eigenvalue weighted by Crippen LogP contribution is -2.26. The maximum Gasteiger partial charge on any atom is 0.0434 e. The van der Waals surface area contributed by atoms with Crippen LogP contribution in [0.15, 0.2) is 6.07 Å². The molecule has 2 N–H and O–H groups in total. The smallest absolute Gasteiger partial charge is 0.0434 e. The molecule has 18 heavy (non-hydrogen) atoms. The zero-order valence-electron chi connectivity index (χ0n) is 12.1. The zero-order valence-corrected chi connectivity index (χ0v) is 12.9. The van der Waals surface area contributed by atoms with Crippen molar-refractivity contribution in [2.24, 2.45) is 5.92 Å². The molecule has 0 spiro atoms. The molecule has 2 atom stereocenters. The number of thiophene rings is 1. The molecule has 1 aromatic rings. The molecule has 0 radical (unpaired) electrons. The lowest BCUT2D eigenvalue weighted by atomic mass is 9.99. The average molecular weight is 269 g/mol. The van der Waals surface area contributed by atoms with Gasteiger partial charge in [-0.1, -0.05) is 13.3 Å². The van der Waals surface area contributed by atoms with Crippen LogP contribution in [0.2, 0.25) is 0 Å². The average Bonchev–Trinajstić information content (AvgIpc) is 2.65. The Morgan fingerprint density at radius 2 is 2.06 bits per heavy atom. The first-order valence-electron chi connectivity index (χ1n) is 6.99. The SMILES string of the molecule is CCCC(CCO)CNC(C)c1cc(C)sc1C. The predicted molar refractivity (Wildman–Crippen MR) is 80.3 cm³/mol. The highest BCUT2D eigenvalue weighted by Crippen LogP contribution is 2.26. The van der Waals surface area contributed by atoms with Crippen LogP contribution < -0.4 is 5.32 Å². The first-order chi connectivity index (χ1) is 8.58. The van der Waals surface area contributed by atoms with Gasteiger partial charge in [0.25, 0.3) is 0 Å². The standard InChI is InChI=1S/C15H27NOS/c1-5-6-14(7-8-17)10-16-12(3)15-9-11(2)18-13(15)4/h9,12,14,16-17H,5-8,10H2,1-4H3. The quantitative estimate of drug-likeness (QED) is 0.752. The molecule has 0 amide bonds. The Morgan fingerprint density at radius 1 is 1.33 bits per heavy atom. The highest BCUT2D eigenvalue weighted by Gasteiger charge is 2.13. The molecule has 0 fully saturated rings. The molecule has 104 valence electrons. The molecular weight excluding hydrogens is 242 g/mol. The number of aliphatic hydroxyl groups is 1. The molecule has 2 nitrogen and oxygen atoms in total. The molecule has 1 heterocycles. The van der Waals surface area contributed by atoms with Gasteiger partial charge in [0, 0.05) is 22.4 Å². The van der Waals surface area contributed by atoms with E-state index in [1.807, 2.05) is 11.3 Å². The van der Waals surface area contributed by atoms with Crippen LogP contribution >= 0.6 is 11.3 Å². The van der Waals surface area contributed by atoms with Gasteiger partial charge in [-0.05, 0) is 57.7 Å². The Bertz CT molecular complexity index is 342. The highest BCUT2D eigenvalue weighted by molar-refractivity contribution is 7.12. The van der Waals surface area contributed by atoms with E-state index < -0.39 is 0 Å². The predicted octanol–water partition coefficient (Wildman–Crippen LogP) is 3.81. The van der Waals surface area contributed by atoms with Crippen molar-refractivity contribution >= 4 is 11.3 Å². The summed E-state index contributed by atoms with van der Waals surface area (Å²) in [5.41, 5.74) is 1.43. The number of rotatable bonds is 8. The van der Waals surface area contributed by atoms with E-state index in [2.05, 4.69) is 39.1 Å². The van der Waals surface area contributed by atoms with Crippen LogP contribution in [0.25, 0.3) is 0 Å². The molecular formula is C15H27NOS. The van der Waals surface area contributed by atoms with Crippen LogP contribution in [-0.4, -0.2) is 18.3 Å². The van der Waals surface area contributed by atoms with Crippen LogP contribution in [0.5, 0.6) is 0 Å². The minimum Gasteiger partial charge on any atom is -0.396 e. The Morgan fingerprint density at radius 3 is 2.56 bits per heavy atom. The maximum atomic E-state index is 9.07. The van der Waals surface area contributed by atoms with E-state index >= 15 is 0 Å². The van der Waals surface area contributed by atoms with Crippen molar-refractivity contribution in [2.45, 2.75) is 53.0 Å². The fourth-order valence-electron chi connectivity index (χ4n) is 2.47. The molecule has 1 aromatic heterocycles. The van der Waals surface area contributed by atoms with E-state index in [4.69, 9.17) is 5.11 Å². The summed E-state index contributed by atoms with van der Waals surface area (Å²) >= 11 is 1.87. The minimum absolute atomic E-state index is 0.303. The van der Waals surface area contributed by atoms with Gasteiger partial charge in [-0.25, -0.2) is 0 Å². The van der Waals surface area contributed by atoms with E-state index in [9.17, 15) is 0 Å². The van der Waals surface area contributed by atoms with E-state index in [1.165, 1.54) is 28.2 Å². The van der Waals surface area contributed by atoms with Crippen LogP contribution in [0.3, 0.4) is 0 Å². The van der Waals surface area contributed by atoms with E-state index in [0.717, 1.165) is 13.0 Å². The molecule has 0 bridgehead atoms. The number of aliphatic hydroxyl groups excluding tert-OH is 1. The van der Waals surface area contributed by atoms with Crippen molar-refractivity contribution in [3.8, 4) is 0 Å². The summed E-state index contributed by atoms with van der Waals surface area (Å²) in [6.45, 7) is 10.1. The van der Waals surface area contributed by atoms with Gasteiger partial charge < -0.3 is 10.4 Å². The molecule has 0 aliphatic heterocycles. The summed E-state index contributed by atoms with van der Waals surface area (Å²) in [4.78, 5) is 2.80. The second kappa shape index (κ2) is 7.93. The second-order valence-corrected chi connectivity index (χ2v) is 6.63. The topological polar surface area (TPSA) is 32.3 Å². The van der Waals surface area contributed by atoms with Crippen LogP contribution in [-0.2, 0) is 0 Å². The van der Waals surface area contributed by atoms with Crippen LogP contribution in [0, 0.1) is 19.8 Å². The molecule has 0 saturated carbocycles. The number of hydrogen-bond donors (Lipinski definition) is 2. The van der Waals surface area contributed by atoms with Crippen molar-refractivity contribution < 1.29 is 5.11 Å². The molecule has 3 heteroatoms. The summed E-state index contributed by atoms with van der Waals surface area (Å²) in [5, 5.41) is 12.7. The van der Waals surface area contributed by atoms with Crippen molar-refractivity contribution in [1.29, 1.82) is 0 Å². The van der Waals surface area contributed by atoms with Gasteiger partial charge in [-0.15, -0.1) is 11.3 Å². The molecule has 0 aliphatic carbocycles. The van der Waals surface area contributed by atoms with Gasteiger partial charge >= 0.3 is 0 Å². The lowest BCUT2D eigenvalue weighted by molar-refractivity contribution is 0.246. The Balaban J connectivity index is 2.48. The number of hydrogen-bond acceptors (Lipinski definition) is 3. The molecule has 0 saturated heterocycles. The molecule has 0 aromatic carbocycles. The first-order valence-corrected chi connectivity index (χ1v) is 7.81. The second-order valence-electron chi connectivity index (χ2n) is 5.17. The fraction of sp³-hybridized carbons (Fsp3) is 0.733. The monoisotopic (exact) mass is 269 g/mol. The third kappa shape index (κ3) is 4.71. The fourth-order valence-corrected chi connectivity index (χ4v) is 3.50. The number of nitrogens with one attached hydrogen (secondary N) is 1. The summed E-state index contributed by atoms with van der Waals surface area (Å²) in [6.07, 6.45) is 3.30. The largest absolute Gasteiger partial charge is 0.396 e. The van der Waals surface area contributed by atoms with Gasteiger partial charge in [0.2, 0.25) is 0 Å². The van der Waals surface area contributed by atoms with Gasteiger partial charge in [-0.2, -0.15) is 0 Å². The number of aryl methyl sites for hydroxylation is 2. The minimum atomic E-state index is 0.303. The highest BCUT2D eigenvalue weighted by atomic mass is 32.1. The third-order valence-electron chi connectivity index (χ3n) is 3.49. The third-order valence-corrected chi connectivity index (χ3v) is 4.47. The molecule has 0 aliphatic rings. The first kappa shape index (κ1) is 15.7. The summed E-state index contributed by atoms with van der Waals surface area (Å²) in [6, 6.07) is 2.70. The van der Waals surface area contributed by atoms with Gasteiger partial charge in [0.05, 0.1) is 0 Å². The summed E-state index contributed by atoms with van der Waals surface area (Å²) < 4.78 is 0. The molecule has 2 unspecified atom stereocenters. The Kier molecular flexibility index (Phi) is 6.90. The van der Waals surface area contributed by atoms with Gasteiger partial charge in [0.15, 0.2) is 0 Å². The lowest BCUT2D eigenvalue weighted by Gasteiger charge is -2.20. The zero-order chi connectivity index (χ0) is 13.5. The Hall–Kier alpha value is -0.380. The Labute approximate surface area is 115 Å². The van der Waals surface area contributed by atoms with Crippen LogP contribution in [0.4, 0.5) is 0 Å². The van der Waals surface area contributed by atoms with Crippen molar-refractivity contribution in [2.75, 3.05) is 13.2 Å². The summed E-state index contributed by atoms with van der Waals surface area (Å²) in [7, 11) is 0.